The fourth-order valence-electron chi connectivity index (χ4n) is 13.6. The van der Waals surface area contributed by atoms with Gasteiger partial charge in [0.2, 0.25) is 41.1 Å². The van der Waals surface area contributed by atoms with Gasteiger partial charge in [0.1, 0.15) is 25.4 Å². The van der Waals surface area contributed by atoms with Crippen LogP contribution in [0.25, 0.3) is 22.3 Å². The fourth-order valence-corrected chi connectivity index (χ4v) is 13.6. The molecule has 13 rings (SSSR count). The molecule has 28 N–H and O–H groups in total. The maximum atomic E-state index is 15.8. The number of esters is 9. The molecule has 4 aliphatic heterocycles. The van der Waals surface area contributed by atoms with E-state index in [9.17, 15) is 167 Å². The summed E-state index contributed by atoms with van der Waals surface area (Å²) in [4.78, 5) is 134. The molecule has 0 unspecified atom stereocenters. The first-order valence-electron chi connectivity index (χ1n) is 33.9. The van der Waals surface area contributed by atoms with Gasteiger partial charge in [0, 0.05) is 33.4 Å². The van der Waals surface area contributed by atoms with Crippen LogP contribution in [0.3, 0.4) is 0 Å². The highest BCUT2D eigenvalue weighted by molar-refractivity contribution is 6.12. The maximum absolute atomic E-state index is 15.8. The van der Waals surface area contributed by atoms with Crippen molar-refractivity contribution in [2.75, 3.05) is 13.2 Å². The Morgan fingerprint density at radius 3 is 1.06 bits per heavy atom. The number of aromatic hydroxyl groups is 27. The first kappa shape index (κ1) is 82.7. The summed E-state index contributed by atoms with van der Waals surface area (Å²) in [5, 5.41) is 310. The number of benzene rings is 9. The molecule has 47 nitrogen and oxygen atoms in total. The van der Waals surface area contributed by atoms with Crippen molar-refractivity contribution in [3.05, 3.63) is 134 Å². The summed E-state index contributed by atoms with van der Waals surface area (Å²) in [5.74, 6) is -62.4. The SMILES string of the molecule is O=C(O[C@@H]1O[C@H](COC(=O)c2cc(O)c(O)c(O)c2[C@H]2c3c(O)c(O)c(O)c4c3C(=O)O[C@@H]2[C@H]([C@@H]2OC(=O)c3cc(O)c(O)c(O)c3-c3c(cc(O)c(O)c3O)C(=O)OC[C@H]2O)OC(=O)c2cc(O)c(O)c(O)c2-4)[C@@H](OC(=O)c2cc(O)c(O)c(O)c2)[C@H](OC(=O)c2cc(O)c(O)c(O)c2)[C@H]1OC(=O)c1cc(O)c(O)c(O)c1)c1cc(O)c(O)c(O)c1. The van der Waals surface area contributed by atoms with E-state index in [1.165, 1.54) is 0 Å². The average Bonchev–Trinajstić information content (AvgIpc) is 0.705. The first-order valence-corrected chi connectivity index (χ1v) is 33.9. The Hall–Kier alpha value is -17.3. The molecule has 1 saturated heterocycles. The minimum Gasteiger partial charge on any atom is -0.504 e. The van der Waals surface area contributed by atoms with E-state index in [-0.39, 0.29) is 18.2 Å². The fraction of sp³-hybridized carbons (Fsp3) is 0.160. The molecule has 0 aliphatic carbocycles. The summed E-state index contributed by atoms with van der Waals surface area (Å²) in [6.07, 6.45) is -27.2. The minimum atomic E-state index is -3.25. The molecule has 0 amide bonds. The lowest BCUT2D eigenvalue weighted by atomic mass is 9.73. The van der Waals surface area contributed by atoms with Crippen molar-refractivity contribution in [2.24, 2.45) is 0 Å². The van der Waals surface area contributed by atoms with Crippen molar-refractivity contribution in [3.63, 3.8) is 0 Å². The Morgan fingerprint density at radius 1 is 0.303 bits per heavy atom. The Bertz CT molecular complexity index is 5990. The molecule has 636 valence electrons. The number of aliphatic hydroxyl groups excluding tert-OH is 1. The van der Waals surface area contributed by atoms with Crippen LogP contribution >= 0.6 is 0 Å². The van der Waals surface area contributed by atoms with Crippen molar-refractivity contribution in [1.82, 2.24) is 0 Å². The highest BCUT2D eigenvalue weighted by atomic mass is 16.8. The summed E-state index contributed by atoms with van der Waals surface area (Å²) in [6, 6.07) is 3.84. The standard InChI is InChI=1S/C75H54O47/c76-23-1-15(2-24(77)45(23)89)66(104)117-61-36(115-75(122-69(107)18-7-29(82)48(92)30(83)8-18)65(121-68(106)17-5-27(80)47(91)28(81)6-17)64(61)119-67(105)16-3-25(78)46(90)26(79)4-16)14-114-71(109)20-10-32(85)52(96)56(100)40(20)43-42-44-41(57(101)59(103)58(42)102)39-22(12-34(87)51(95)55(39)99)73(111)120-63(62(43)118-74(44)112)60-35(88)13-113-70(108)19-9-31(84)49(93)53(97)37(19)38-21(72(110)116-60)11-33(86)50(94)54(38)98/h1-12,35-36,43,60-65,75-103H,13-14H2/t35-,36-,43+,60-,61-,62+,63+,64+,65-,75+/m1/s1. The Balaban J connectivity index is 1.02. The van der Waals surface area contributed by atoms with Gasteiger partial charge in [-0.15, -0.1) is 0 Å². The third-order valence-corrected chi connectivity index (χ3v) is 19.3. The number of aliphatic hydroxyl groups is 1. The molecule has 0 saturated carbocycles. The van der Waals surface area contributed by atoms with Gasteiger partial charge in [0.05, 0.1) is 56.0 Å². The lowest BCUT2D eigenvalue weighted by Crippen LogP contribution is -2.63. The van der Waals surface area contributed by atoms with Crippen LogP contribution in [0.15, 0.2) is 72.8 Å². The average molecular weight is 1710 g/mol. The molecule has 1 fully saturated rings. The Morgan fingerprint density at radius 2 is 0.631 bits per heavy atom. The van der Waals surface area contributed by atoms with Crippen LogP contribution < -0.4 is 0 Å². The van der Waals surface area contributed by atoms with E-state index in [1.54, 1.807) is 0 Å². The predicted molar refractivity (Wildman–Crippen MR) is 379 cm³/mol. The number of carbonyl (C=O) groups excluding carboxylic acids is 9. The van der Waals surface area contributed by atoms with Crippen LogP contribution in [0.2, 0.25) is 0 Å². The van der Waals surface area contributed by atoms with Crippen molar-refractivity contribution < 1.29 is 234 Å². The second-order valence-corrected chi connectivity index (χ2v) is 26.7. The molecule has 4 heterocycles. The number of phenolic OH excluding ortho intramolecular Hbond substituents is 27. The van der Waals surface area contributed by atoms with E-state index in [2.05, 4.69) is 0 Å². The zero-order valence-corrected chi connectivity index (χ0v) is 59.9. The lowest BCUT2D eigenvalue weighted by molar-refractivity contribution is -0.282. The van der Waals surface area contributed by atoms with Gasteiger partial charge in [0.25, 0.3) is 0 Å². The quantitative estimate of drug-likeness (QED) is 0.0448. The normalized spacial score (nSPS) is 19.7. The van der Waals surface area contributed by atoms with Crippen LogP contribution in [0.4, 0.5) is 0 Å². The van der Waals surface area contributed by atoms with Crippen LogP contribution in [-0.4, -0.2) is 265 Å². The number of cyclic esters (lactones) is 3. The van der Waals surface area contributed by atoms with Crippen LogP contribution in [-0.2, 0) is 47.4 Å². The van der Waals surface area contributed by atoms with Gasteiger partial charge in [-0.3, -0.25) is 0 Å². The predicted octanol–water partition coefficient (Wildman–Crippen LogP) is 2.45. The highest BCUT2D eigenvalue weighted by Crippen LogP contribution is 2.62. The molecule has 9 aromatic rings. The van der Waals surface area contributed by atoms with Gasteiger partial charge in [-0.05, 0) is 72.8 Å². The summed E-state index contributed by atoms with van der Waals surface area (Å²) < 4.78 is 57.1. The number of hydrogen-bond donors (Lipinski definition) is 28. The molecule has 122 heavy (non-hydrogen) atoms. The third kappa shape index (κ3) is 13.9. The van der Waals surface area contributed by atoms with E-state index in [1.807, 2.05) is 0 Å². The number of ether oxygens (including phenoxy) is 10. The molecule has 4 aliphatic rings. The summed E-state index contributed by atoms with van der Waals surface area (Å²) in [7, 11) is 0. The molecule has 9 aromatic carbocycles. The highest BCUT2D eigenvalue weighted by Gasteiger charge is 2.58. The molecule has 10 atom stereocenters. The molecule has 0 radical (unpaired) electrons. The minimum absolute atomic E-state index is 0.0831. The Labute approximate surface area is 670 Å². The summed E-state index contributed by atoms with van der Waals surface area (Å²) >= 11 is 0. The number of hydrogen-bond acceptors (Lipinski definition) is 47. The third-order valence-electron chi connectivity index (χ3n) is 19.3. The van der Waals surface area contributed by atoms with Gasteiger partial charge >= 0.3 is 53.7 Å². The van der Waals surface area contributed by atoms with E-state index >= 15 is 19.2 Å². The van der Waals surface area contributed by atoms with Gasteiger partial charge in [-0.2, -0.15) is 0 Å². The van der Waals surface area contributed by atoms with Crippen LogP contribution in [0, 0.1) is 0 Å². The lowest BCUT2D eigenvalue weighted by Gasteiger charge is -2.44. The van der Waals surface area contributed by atoms with Gasteiger partial charge in [-0.25, -0.2) is 43.2 Å². The van der Waals surface area contributed by atoms with E-state index < -0.39 is 367 Å². The molecule has 2 bridgehead atoms. The number of phenols is 27. The number of rotatable bonds is 13. The summed E-state index contributed by atoms with van der Waals surface area (Å²) in [5.41, 5.74) is -20.0. The zero-order valence-electron chi connectivity index (χ0n) is 59.9. The zero-order chi connectivity index (χ0) is 89.2. The van der Waals surface area contributed by atoms with Crippen molar-refractivity contribution in [3.8, 4) is 177 Å². The van der Waals surface area contributed by atoms with Crippen molar-refractivity contribution in [1.29, 1.82) is 0 Å². The number of carbonyl (C=O) groups is 9. The molecular formula is C75H54O47. The second-order valence-electron chi connectivity index (χ2n) is 26.7. The monoisotopic (exact) mass is 1710 g/mol. The molecule has 0 aromatic heterocycles. The van der Waals surface area contributed by atoms with Gasteiger partial charge < -0.3 is 190 Å². The Kier molecular flexibility index (Phi) is 20.6. The topological polar surface area (TPSA) is 812 Å². The maximum Gasteiger partial charge on any atom is 0.340 e. The van der Waals surface area contributed by atoms with E-state index in [0.29, 0.717) is 54.6 Å². The van der Waals surface area contributed by atoms with Crippen molar-refractivity contribution >= 4 is 53.7 Å². The summed E-state index contributed by atoms with van der Waals surface area (Å²) in [6.45, 7) is -3.62. The molecule has 47 heteroatoms. The first-order chi connectivity index (χ1) is 57.3. The second kappa shape index (κ2) is 30.4. The van der Waals surface area contributed by atoms with Gasteiger partial charge in [-0.1, -0.05) is 0 Å². The van der Waals surface area contributed by atoms with Gasteiger partial charge in [0.15, 0.2) is 157 Å². The molecular weight excluding hydrogens is 1650 g/mol. The smallest absolute Gasteiger partial charge is 0.340 e. The van der Waals surface area contributed by atoms with Crippen LogP contribution in [0.5, 0.6) is 155 Å². The van der Waals surface area contributed by atoms with Crippen LogP contribution in [0.1, 0.15) is 110 Å². The molecule has 0 spiro atoms. The van der Waals surface area contributed by atoms with E-state index in [4.69, 9.17) is 47.4 Å². The number of fused-ring (bicyclic) bond motifs is 7. The largest absolute Gasteiger partial charge is 0.504 e. The van der Waals surface area contributed by atoms with E-state index in [0.717, 1.165) is 0 Å². The van der Waals surface area contributed by atoms with Crippen molar-refractivity contribution in [2.45, 2.75) is 61.0 Å².